The third-order valence-electron chi connectivity index (χ3n) is 2.03. The van der Waals surface area contributed by atoms with Crippen LogP contribution in [-0.2, 0) is 9.53 Å². The second kappa shape index (κ2) is 6.32. The van der Waals surface area contributed by atoms with Gasteiger partial charge in [0.1, 0.15) is 12.4 Å². The summed E-state index contributed by atoms with van der Waals surface area (Å²) in [5.41, 5.74) is 6.49. The maximum Gasteiger partial charge on any atom is 0.250 e. The second-order valence-corrected chi connectivity index (χ2v) is 3.67. The van der Waals surface area contributed by atoms with Gasteiger partial charge in [0.15, 0.2) is 0 Å². The minimum atomic E-state index is -0.272. The van der Waals surface area contributed by atoms with Crippen LogP contribution in [0.25, 0.3) is 0 Å². The molecule has 17 heavy (non-hydrogen) atoms. The Morgan fingerprint density at radius 2 is 2.24 bits per heavy atom. The van der Waals surface area contributed by atoms with E-state index in [0.29, 0.717) is 28.8 Å². The fourth-order valence-corrected chi connectivity index (χ4v) is 1.38. The van der Waals surface area contributed by atoms with Crippen LogP contribution in [0.1, 0.15) is 6.92 Å². The van der Waals surface area contributed by atoms with Gasteiger partial charge >= 0.3 is 0 Å². The lowest BCUT2D eigenvalue weighted by atomic mass is 10.2. The molecule has 94 valence electrons. The molecule has 0 aromatic heterocycles. The number of carbonyl (C=O) groups is 1. The van der Waals surface area contributed by atoms with Crippen molar-refractivity contribution >= 4 is 28.9 Å². The average Bonchev–Trinajstić information content (AvgIpc) is 2.31. The molecule has 1 rings (SSSR count). The van der Waals surface area contributed by atoms with Crippen LogP contribution < -0.4 is 15.8 Å². The van der Waals surface area contributed by atoms with E-state index in [2.05, 4.69) is 5.32 Å². The van der Waals surface area contributed by atoms with Gasteiger partial charge in [0.2, 0.25) is 5.91 Å². The van der Waals surface area contributed by atoms with E-state index in [1.807, 2.05) is 6.92 Å². The summed E-state index contributed by atoms with van der Waals surface area (Å²) in [6.07, 6.45) is 0. The van der Waals surface area contributed by atoms with Crippen molar-refractivity contribution in [3.63, 3.8) is 0 Å². The van der Waals surface area contributed by atoms with Crippen molar-refractivity contribution in [2.75, 3.05) is 31.4 Å². The number of halogens is 1. The van der Waals surface area contributed by atoms with E-state index in [-0.39, 0.29) is 12.5 Å². The van der Waals surface area contributed by atoms with Crippen LogP contribution in [0.4, 0.5) is 11.4 Å². The molecule has 0 unspecified atom stereocenters. The van der Waals surface area contributed by atoms with Crippen LogP contribution in [-0.4, -0.2) is 26.2 Å². The van der Waals surface area contributed by atoms with E-state index in [1.54, 1.807) is 12.1 Å². The molecule has 5 nitrogen and oxygen atoms in total. The SMILES string of the molecule is CCOCC(=O)Nc1cc(Cl)c(N)cc1OC. The van der Waals surface area contributed by atoms with Crippen LogP contribution in [0.5, 0.6) is 5.75 Å². The summed E-state index contributed by atoms with van der Waals surface area (Å²) in [5, 5.41) is 2.99. The third-order valence-corrected chi connectivity index (χ3v) is 2.36. The lowest BCUT2D eigenvalue weighted by molar-refractivity contribution is -0.120. The molecule has 0 radical (unpaired) electrons. The number of hydrogen-bond acceptors (Lipinski definition) is 4. The van der Waals surface area contributed by atoms with Gasteiger partial charge in [-0.25, -0.2) is 0 Å². The zero-order chi connectivity index (χ0) is 12.8. The van der Waals surface area contributed by atoms with E-state index in [9.17, 15) is 4.79 Å². The number of benzene rings is 1. The molecule has 6 heteroatoms. The Balaban J connectivity index is 2.82. The molecule has 1 aromatic rings. The lowest BCUT2D eigenvalue weighted by Gasteiger charge is -2.11. The number of carbonyl (C=O) groups excluding carboxylic acids is 1. The number of rotatable bonds is 5. The number of ether oxygens (including phenoxy) is 2. The molecule has 0 aliphatic rings. The van der Waals surface area contributed by atoms with Crippen molar-refractivity contribution in [1.82, 2.24) is 0 Å². The topological polar surface area (TPSA) is 73.6 Å². The minimum Gasteiger partial charge on any atom is -0.494 e. The van der Waals surface area contributed by atoms with Gasteiger partial charge in [-0.3, -0.25) is 4.79 Å². The molecule has 0 saturated heterocycles. The molecule has 0 heterocycles. The highest BCUT2D eigenvalue weighted by molar-refractivity contribution is 6.33. The first kappa shape index (κ1) is 13.6. The van der Waals surface area contributed by atoms with Crippen LogP contribution in [0.2, 0.25) is 5.02 Å². The number of methoxy groups -OCH3 is 1. The maximum atomic E-state index is 11.5. The molecule has 0 bridgehead atoms. The van der Waals surface area contributed by atoms with Gasteiger partial charge in [-0.2, -0.15) is 0 Å². The molecule has 0 saturated carbocycles. The Kier molecular flexibility index (Phi) is 5.06. The first-order valence-corrected chi connectivity index (χ1v) is 5.46. The van der Waals surface area contributed by atoms with Gasteiger partial charge in [0, 0.05) is 12.7 Å². The van der Waals surface area contributed by atoms with E-state index >= 15 is 0 Å². The first-order valence-electron chi connectivity index (χ1n) is 5.09. The van der Waals surface area contributed by atoms with Crippen molar-refractivity contribution in [3.05, 3.63) is 17.2 Å². The van der Waals surface area contributed by atoms with E-state index in [1.165, 1.54) is 7.11 Å². The van der Waals surface area contributed by atoms with Gasteiger partial charge in [-0.1, -0.05) is 11.6 Å². The third kappa shape index (κ3) is 3.80. The lowest BCUT2D eigenvalue weighted by Crippen LogP contribution is -2.18. The van der Waals surface area contributed by atoms with Crippen LogP contribution in [0.15, 0.2) is 12.1 Å². The number of nitrogens with two attached hydrogens (primary N) is 1. The number of nitrogens with one attached hydrogen (secondary N) is 1. The highest BCUT2D eigenvalue weighted by Crippen LogP contribution is 2.32. The quantitative estimate of drug-likeness (QED) is 0.791. The second-order valence-electron chi connectivity index (χ2n) is 3.26. The van der Waals surface area contributed by atoms with Crippen molar-refractivity contribution in [2.45, 2.75) is 6.92 Å². The predicted molar refractivity (Wildman–Crippen MR) is 67.5 cm³/mol. The van der Waals surface area contributed by atoms with Gasteiger partial charge < -0.3 is 20.5 Å². The smallest absolute Gasteiger partial charge is 0.250 e. The number of hydrogen-bond donors (Lipinski definition) is 2. The normalized spacial score (nSPS) is 10.1. The fraction of sp³-hybridized carbons (Fsp3) is 0.364. The van der Waals surface area contributed by atoms with E-state index in [0.717, 1.165) is 0 Å². The van der Waals surface area contributed by atoms with Gasteiger partial charge in [0.05, 0.1) is 23.5 Å². The molecule has 0 atom stereocenters. The summed E-state index contributed by atoms with van der Waals surface area (Å²) in [5.74, 6) is 0.183. The monoisotopic (exact) mass is 258 g/mol. The number of anilines is 2. The molecule has 3 N–H and O–H groups in total. The molecule has 0 aliphatic carbocycles. The molecular formula is C11H15ClN2O3. The standard InChI is InChI=1S/C11H15ClN2O3/c1-3-17-6-11(15)14-9-4-7(12)8(13)5-10(9)16-2/h4-5H,3,6,13H2,1-2H3,(H,14,15). The molecular weight excluding hydrogens is 244 g/mol. The number of nitrogen functional groups attached to an aromatic ring is 1. The Labute approximate surface area is 105 Å². The molecule has 0 aliphatic heterocycles. The Morgan fingerprint density at radius 3 is 2.82 bits per heavy atom. The van der Waals surface area contributed by atoms with E-state index < -0.39 is 0 Å². The number of amides is 1. The van der Waals surface area contributed by atoms with Crippen molar-refractivity contribution < 1.29 is 14.3 Å². The highest BCUT2D eigenvalue weighted by Gasteiger charge is 2.10. The Bertz CT molecular complexity index is 410. The van der Waals surface area contributed by atoms with Crippen LogP contribution in [0, 0.1) is 0 Å². The summed E-state index contributed by atoms with van der Waals surface area (Å²) in [6.45, 7) is 2.28. The largest absolute Gasteiger partial charge is 0.494 e. The van der Waals surface area contributed by atoms with Crippen LogP contribution in [0.3, 0.4) is 0 Å². The molecule has 0 fully saturated rings. The summed E-state index contributed by atoms with van der Waals surface area (Å²) in [7, 11) is 1.49. The van der Waals surface area contributed by atoms with Crippen molar-refractivity contribution in [3.8, 4) is 5.75 Å². The molecule has 1 amide bonds. The predicted octanol–water partition coefficient (Wildman–Crippen LogP) is 1.91. The van der Waals surface area contributed by atoms with Gasteiger partial charge in [-0.05, 0) is 13.0 Å². The van der Waals surface area contributed by atoms with Crippen LogP contribution >= 0.6 is 11.6 Å². The summed E-state index contributed by atoms with van der Waals surface area (Å²) in [6, 6.07) is 3.10. The summed E-state index contributed by atoms with van der Waals surface area (Å²) < 4.78 is 10.1. The molecule has 1 aromatic carbocycles. The van der Waals surface area contributed by atoms with Crippen molar-refractivity contribution in [1.29, 1.82) is 0 Å². The van der Waals surface area contributed by atoms with Gasteiger partial charge in [0.25, 0.3) is 0 Å². The Morgan fingerprint density at radius 1 is 1.53 bits per heavy atom. The average molecular weight is 259 g/mol. The zero-order valence-electron chi connectivity index (χ0n) is 9.75. The fourth-order valence-electron chi connectivity index (χ4n) is 1.22. The maximum absolute atomic E-state index is 11.5. The summed E-state index contributed by atoms with van der Waals surface area (Å²) >= 11 is 5.87. The summed E-state index contributed by atoms with van der Waals surface area (Å²) in [4.78, 5) is 11.5. The Hall–Kier alpha value is -1.46. The van der Waals surface area contributed by atoms with Crippen molar-refractivity contribution in [2.24, 2.45) is 0 Å². The first-order chi connectivity index (χ1) is 8.08. The minimum absolute atomic E-state index is 0.0123. The zero-order valence-corrected chi connectivity index (χ0v) is 10.5. The van der Waals surface area contributed by atoms with E-state index in [4.69, 9.17) is 26.8 Å². The molecule has 0 spiro atoms. The highest BCUT2D eigenvalue weighted by atomic mass is 35.5. The van der Waals surface area contributed by atoms with Gasteiger partial charge in [-0.15, -0.1) is 0 Å².